The van der Waals surface area contributed by atoms with Gasteiger partial charge in [-0.3, -0.25) is 0 Å². The van der Waals surface area contributed by atoms with Crippen LogP contribution in [0, 0.1) is 17.8 Å². The van der Waals surface area contributed by atoms with E-state index in [1.54, 1.807) is 7.11 Å². The molecule has 1 fully saturated rings. The molecule has 3 unspecified atom stereocenters. The lowest BCUT2D eigenvalue weighted by Gasteiger charge is -2.34. The number of fused-ring (bicyclic) bond motifs is 1. The van der Waals surface area contributed by atoms with E-state index in [4.69, 9.17) is 4.74 Å². The van der Waals surface area contributed by atoms with Crippen LogP contribution in [0.25, 0.3) is 0 Å². The number of methoxy groups -OCH3 is 1. The first-order valence-corrected chi connectivity index (χ1v) is 7.74. The molecule has 0 aromatic carbocycles. The summed E-state index contributed by atoms with van der Waals surface area (Å²) in [6.45, 7) is 0. The van der Waals surface area contributed by atoms with E-state index < -0.39 is 0 Å². The zero-order chi connectivity index (χ0) is 13.9. The van der Waals surface area contributed by atoms with Gasteiger partial charge in [0, 0.05) is 25.4 Å². The van der Waals surface area contributed by atoms with Gasteiger partial charge in [0.1, 0.15) is 5.83 Å². The second-order valence-corrected chi connectivity index (χ2v) is 6.05. The van der Waals surface area contributed by atoms with Crippen LogP contribution in [0.5, 0.6) is 0 Å². The van der Waals surface area contributed by atoms with Crippen molar-refractivity contribution in [3.8, 4) is 0 Å². The van der Waals surface area contributed by atoms with Crippen LogP contribution in [-0.4, -0.2) is 13.2 Å². The molecule has 1 nitrogen and oxygen atoms in total. The molecule has 0 aliphatic heterocycles. The van der Waals surface area contributed by atoms with Gasteiger partial charge in [-0.2, -0.15) is 0 Å². The molecule has 1 saturated carbocycles. The SMILES string of the molecule is COC1C(C2=C(F)CCC=C2)CCCC2C=CC=C[C@H]21. The summed E-state index contributed by atoms with van der Waals surface area (Å²) < 4.78 is 20.1. The summed E-state index contributed by atoms with van der Waals surface area (Å²) in [5.74, 6) is 1.20. The summed E-state index contributed by atoms with van der Waals surface area (Å²) in [7, 11) is 1.78. The topological polar surface area (TPSA) is 9.23 Å². The molecule has 3 rings (SSSR count). The smallest absolute Gasteiger partial charge is 0.104 e. The van der Waals surface area contributed by atoms with Gasteiger partial charge in [0.15, 0.2) is 0 Å². The monoisotopic (exact) mass is 274 g/mol. The third-order valence-electron chi connectivity index (χ3n) is 4.94. The van der Waals surface area contributed by atoms with Crippen molar-refractivity contribution in [3.05, 3.63) is 47.9 Å². The van der Waals surface area contributed by atoms with Crippen molar-refractivity contribution in [3.63, 3.8) is 0 Å². The second-order valence-electron chi connectivity index (χ2n) is 6.05. The van der Waals surface area contributed by atoms with E-state index in [2.05, 4.69) is 30.4 Å². The average Bonchev–Trinajstić information content (AvgIpc) is 2.66. The van der Waals surface area contributed by atoms with Crippen molar-refractivity contribution in [1.29, 1.82) is 0 Å². The van der Waals surface area contributed by atoms with E-state index in [0.717, 1.165) is 24.8 Å². The molecule has 0 heterocycles. The van der Waals surface area contributed by atoms with Crippen LogP contribution in [0.1, 0.15) is 32.1 Å². The Kier molecular flexibility index (Phi) is 4.21. The van der Waals surface area contributed by atoms with Crippen molar-refractivity contribution >= 4 is 0 Å². The van der Waals surface area contributed by atoms with Crippen LogP contribution < -0.4 is 0 Å². The fourth-order valence-corrected chi connectivity index (χ4v) is 3.95. The standard InChI is InChI=1S/C18H23FO/c1-20-18-14-9-3-2-7-13(14)8-6-11-16(18)15-10-4-5-12-17(15)19/h2-4,7,9-10,13-14,16,18H,5-6,8,11-12H2,1H3/t13?,14-,16?,18?/m1/s1. The van der Waals surface area contributed by atoms with Gasteiger partial charge in [-0.1, -0.05) is 42.9 Å². The Morgan fingerprint density at radius 1 is 1.20 bits per heavy atom. The minimum absolute atomic E-state index is 0.0772. The van der Waals surface area contributed by atoms with Crippen LogP contribution in [-0.2, 0) is 4.74 Å². The summed E-state index contributed by atoms with van der Waals surface area (Å²) in [4.78, 5) is 0. The predicted octanol–water partition coefficient (Wildman–Crippen LogP) is 4.73. The van der Waals surface area contributed by atoms with Gasteiger partial charge < -0.3 is 4.74 Å². The third-order valence-corrected chi connectivity index (χ3v) is 4.94. The zero-order valence-electron chi connectivity index (χ0n) is 12.1. The quantitative estimate of drug-likeness (QED) is 0.707. The lowest BCUT2D eigenvalue weighted by atomic mass is 9.77. The van der Waals surface area contributed by atoms with Crippen LogP contribution in [0.4, 0.5) is 4.39 Å². The predicted molar refractivity (Wildman–Crippen MR) is 79.9 cm³/mol. The van der Waals surface area contributed by atoms with Crippen LogP contribution in [0.3, 0.4) is 0 Å². The van der Waals surface area contributed by atoms with Crippen LogP contribution in [0.2, 0.25) is 0 Å². The highest BCUT2D eigenvalue weighted by Crippen LogP contribution is 2.42. The highest BCUT2D eigenvalue weighted by atomic mass is 19.1. The maximum absolute atomic E-state index is 14.2. The first-order chi connectivity index (χ1) is 9.81. The largest absolute Gasteiger partial charge is 0.380 e. The van der Waals surface area contributed by atoms with Gasteiger partial charge in [0.25, 0.3) is 0 Å². The molecule has 0 radical (unpaired) electrons. The van der Waals surface area contributed by atoms with Crippen LogP contribution >= 0.6 is 0 Å². The maximum atomic E-state index is 14.2. The number of hydrogen-bond donors (Lipinski definition) is 0. The van der Waals surface area contributed by atoms with Gasteiger partial charge in [0.05, 0.1) is 6.10 Å². The lowest BCUT2D eigenvalue weighted by Crippen LogP contribution is -2.34. The van der Waals surface area contributed by atoms with Gasteiger partial charge in [0.2, 0.25) is 0 Å². The molecule has 2 heteroatoms. The highest BCUT2D eigenvalue weighted by Gasteiger charge is 2.38. The molecule has 3 aliphatic carbocycles. The Morgan fingerprint density at radius 3 is 2.85 bits per heavy atom. The minimum atomic E-state index is 0.0772. The second kappa shape index (κ2) is 6.09. The molecule has 0 bridgehead atoms. The average molecular weight is 274 g/mol. The number of allylic oxidation sites excluding steroid dienone is 6. The normalized spacial score (nSPS) is 36.9. The molecule has 108 valence electrons. The van der Waals surface area contributed by atoms with E-state index in [0.29, 0.717) is 18.3 Å². The molecule has 20 heavy (non-hydrogen) atoms. The molecule has 0 saturated heterocycles. The number of halogens is 1. The van der Waals surface area contributed by atoms with E-state index in [1.165, 1.54) is 6.42 Å². The van der Waals surface area contributed by atoms with Crippen molar-refractivity contribution in [2.45, 2.75) is 38.2 Å². The molecular weight excluding hydrogens is 251 g/mol. The van der Waals surface area contributed by atoms with E-state index in [-0.39, 0.29) is 17.8 Å². The lowest BCUT2D eigenvalue weighted by molar-refractivity contribution is 0.0256. The van der Waals surface area contributed by atoms with Gasteiger partial charge in [-0.25, -0.2) is 4.39 Å². The Bertz CT molecular complexity index is 472. The first-order valence-electron chi connectivity index (χ1n) is 7.74. The van der Waals surface area contributed by atoms with E-state index in [1.807, 2.05) is 6.08 Å². The molecule has 0 amide bonds. The number of rotatable bonds is 2. The molecule has 0 aromatic rings. The Labute approximate surface area is 120 Å². The Morgan fingerprint density at radius 2 is 2.05 bits per heavy atom. The Hall–Kier alpha value is -1.15. The number of hydrogen-bond acceptors (Lipinski definition) is 1. The third kappa shape index (κ3) is 2.54. The maximum Gasteiger partial charge on any atom is 0.104 e. The van der Waals surface area contributed by atoms with Crippen molar-refractivity contribution < 1.29 is 9.13 Å². The van der Waals surface area contributed by atoms with E-state index >= 15 is 0 Å². The molecular formula is C18H23FO. The molecule has 4 atom stereocenters. The van der Waals surface area contributed by atoms with Gasteiger partial charge in [-0.15, -0.1) is 0 Å². The molecule has 0 N–H and O–H groups in total. The number of ether oxygens (including phenoxy) is 1. The van der Waals surface area contributed by atoms with Crippen molar-refractivity contribution in [2.24, 2.45) is 17.8 Å². The highest BCUT2D eigenvalue weighted by molar-refractivity contribution is 5.31. The summed E-state index contributed by atoms with van der Waals surface area (Å²) in [5, 5.41) is 0. The molecule has 0 aromatic heterocycles. The molecule has 3 aliphatic rings. The fraction of sp³-hybridized carbons (Fsp3) is 0.556. The summed E-state index contributed by atoms with van der Waals surface area (Å²) in [5.41, 5.74) is 0.895. The zero-order valence-corrected chi connectivity index (χ0v) is 12.1. The van der Waals surface area contributed by atoms with Crippen LogP contribution in [0.15, 0.2) is 47.9 Å². The summed E-state index contributed by atoms with van der Waals surface area (Å²) in [6, 6.07) is 0. The van der Waals surface area contributed by atoms with Gasteiger partial charge in [-0.05, 0) is 30.8 Å². The summed E-state index contributed by atoms with van der Waals surface area (Å²) in [6.07, 6.45) is 17.7. The Balaban J connectivity index is 1.92. The van der Waals surface area contributed by atoms with Crippen molar-refractivity contribution in [2.75, 3.05) is 7.11 Å². The summed E-state index contributed by atoms with van der Waals surface area (Å²) >= 11 is 0. The van der Waals surface area contributed by atoms with E-state index in [9.17, 15) is 4.39 Å². The fourth-order valence-electron chi connectivity index (χ4n) is 3.95. The van der Waals surface area contributed by atoms with Gasteiger partial charge >= 0.3 is 0 Å². The van der Waals surface area contributed by atoms with Crippen molar-refractivity contribution in [1.82, 2.24) is 0 Å². The molecule has 0 spiro atoms. The minimum Gasteiger partial charge on any atom is -0.380 e. The first kappa shape index (κ1) is 13.8.